The van der Waals surface area contributed by atoms with E-state index in [2.05, 4.69) is 17.2 Å². The fraction of sp³-hybridized carbons (Fsp3) is 0.118. The smallest absolute Gasteiger partial charge is 0.255 e. The Kier molecular flexibility index (Phi) is 4.99. The number of rotatable bonds is 2. The minimum atomic E-state index is -0.206. The Bertz CT molecular complexity index is 712. The molecule has 2 rings (SSSR count). The van der Waals surface area contributed by atoms with Gasteiger partial charge >= 0.3 is 0 Å². The molecule has 4 heteroatoms. The Morgan fingerprint density at radius 3 is 2.62 bits per heavy atom. The lowest BCUT2D eigenvalue weighted by molar-refractivity contribution is 0.102. The van der Waals surface area contributed by atoms with Crippen molar-refractivity contribution in [1.29, 1.82) is 0 Å². The van der Waals surface area contributed by atoms with E-state index in [0.29, 0.717) is 16.3 Å². The molecule has 2 aromatic carbocycles. The SMILES string of the molecule is Cc1ccc(C#CCO)cc1NC(=O)c1ccc(Cl)cc1. The van der Waals surface area contributed by atoms with Crippen LogP contribution in [0.2, 0.25) is 5.02 Å². The van der Waals surface area contributed by atoms with E-state index in [1.54, 1.807) is 30.3 Å². The van der Waals surface area contributed by atoms with Crippen LogP contribution in [0.15, 0.2) is 42.5 Å². The molecule has 3 nitrogen and oxygen atoms in total. The maximum atomic E-state index is 12.2. The number of amides is 1. The van der Waals surface area contributed by atoms with Crippen molar-refractivity contribution in [2.75, 3.05) is 11.9 Å². The van der Waals surface area contributed by atoms with Crippen molar-refractivity contribution in [1.82, 2.24) is 0 Å². The molecule has 21 heavy (non-hydrogen) atoms. The van der Waals surface area contributed by atoms with Crippen LogP contribution in [0.25, 0.3) is 0 Å². The molecule has 0 aliphatic carbocycles. The summed E-state index contributed by atoms with van der Waals surface area (Å²) in [7, 11) is 0. The molecule has 0 bridgehead atoms. The second-order valence-electron chi connectivity index (χ2n) is 4.45. The maximum absolute atomic E-state index is 12.2. The van der Waals surface area contributed by atoms with Gasteiger partial charge in [-0.2, -0.15) is 0 Å². The van der Waals surface area contributed by atoms with Gasteiger partial charge in [-0.05, 0) is 48.9 Å². The number of carbonyl (C=O) groups is 1. The van der Waals surface area contributed by atoms with Crippen molar-refractivity contribution < 1.29 is 9.90 Å². The second-order valence-corrected chi connectivity index (χ2v) is 4.89. The summed E-state index contributed by atoms with van der Waals surface area (Å²) in [6, 6.07) is 12.2. The Hall–Kier alpha value is -2.28. The van der Waals surface area contributed by atoms with E-state index in [9.17, 15) is 4.79 Å². The first-order chi connectivity index (χ1) is 10.1. The fourth-order valence-electron chi connectivity index (χ4n) is 1.77. The van der Waals surface area contributed by atoms with Gasteiger partial charge in [0.2, 0.25) is 0 Å². The average molecular weight is 300 g/mol. The molecule has 0 aromatic heterocycles. The van der Waals surface area contributed by atoms with Crippen molar-refractivity contribution in [3.05, 3.63) is 64.2 Å². The molecule has 0 heterocycles. The summed E-state index contributed by atoms with van der Waals surface area (Å²) in [5, 5.41) is 12.2. The van der Waals surface area contributed by atoms with Gasteiger partial charge in [0.15, 0.2) is 0 Å². The van der Waals surface area contributed by atoms with Gasteiger partial charge in [0.05, 0.1) is 0 Å². The highest BCUT2D eigenvalue weighted by Crippen LogP contribution is 2.18. The van der Waals surface area contributed by atoms with Crippen LogP contribution >= 0.6 is 11.6 Å². The zero-order valence-electron chi connectivity index (χ0n) is 11.5. The molecular formula is C17H14ClNO2. The summed E-state index contributed by atoms with van der Waals surface area (Å²) < 4.78 is 0. The van der Waals surface area contributed by atoms with Gasteiger partial charge in [0, 0.05) is 21.8 Å². The van der Waals surface area contributed by atoms with Crippen LogP contribution in [0.3, 0.4) is 0 Å². The second kappa shape index (κ2) is 6.94. The normalized spacial score (nSPS) is 9.67. The number of hydrogen-bond acceptors (Lipinski definition) is 2. The number of hydrogen-bond donors (Lipinski definition) is 2. The third kappa shape index (κ3) is 4.09. The van der Waals surface area contributed by atoms with Crippen LogP contribution in [-0.4, -0.2) is 17.6 Å². The molecule has 0 saturated carbocycles. The Balaban J connectivity index is 2.22. The number of carbonyl (C=O) groups excluding carboxylic acids is 1. The maximum Gasteiger partial charge on any atom is 0.255 e. The Morgan fingerprint density at radius 2 is 1.95 bits per heavy atom. The predicted molar refractivity (Wildman–Crippen MR) is 84.5 cm³/mol. The number of aryl methyl sites for hydroxylation is 1. The van der Waals surface area contributed by atoms with Crippen molar-refractivity contribution in [2.24, 2.45) is 0 Å². The van der Waals surface area contributed by atoms with Crippen LogP contribution in [0.5, 0.6) is 0 Å². The topological polar surface area (TPSA) is 49.3 Å². The van der Waals surface area contributed by atoms with E-state index in [1.165, 1.54) is 0 Å². The highest BCUT2D eigenvalue weighted by atomic mass is 35.5. The molecule has 0 atom stereocenters. The van der Waals surface area contributed by atoms with Gasteiger partial charge in [0.1, 0.15) is 6.61 Å². The molecule has 0 aliphatic heterocycles. The average Bonchev–Trinajstić information content (AvgIpc) is 2.48. The standard InChI is InChI=1S/C17H14ClNO2/c1-12-4-5-13(3-2-10-20)11-16(12)19-17(21)14-6-8-15(18)9-7-14/h4-9,11,20H,10H2,1H3,(H,19,21). The van der Waals surface area contributed by atoms with Gasteiger partial charge in [-0.25, -0.2) is 0 Å². The van der Waals surface area contributed by atoms with Crippen molar-refractivity contribution in [3.63, 3.8) is 0 Å². The molecule has 2 N–H and O–H groups in total. The molecule has 0 unspecified atom stereocenters. The van der Waals surface area contributed by atoms with Gasteiger partial charge in [-0.1, -0.05) is 29.5 Å². The summed E-state index contributed by atoms with van der Waals surface area (Å²) >= 11 is 5.80. The summed E-state index contributed by atoms with van der Waals surface area (Å²) in [6.45, 7) is 1.71. The van der Waals surface area contributed by atoms with E-state index >= 15 is 0 Å². The first kappa shape index (κ1) is 15.1. The van der Waals surface area contributed by atoms with Crippen molar-refractivity contribution >= 4 is 23.2 Å². The summed E-state index contributed by atoms with van der Waals surface area (Å²) in [5.41, 5.74) is 2.90. The zero-order chi connectivity index (χ0) is 15.2. The van der Waals surface area contributed by atoms with Crippen molar-refractivity contribution in [2.45, 2.75) is 6.92 Å². The molecular weight excluding hydrogens is 286 g/mol. The van der Waals surface area contributed by atoms with E-state index in [-0.39, 0.29) is 12.5 Å². The van der Waals surface area contributed by atoms with Crippen molar-refractivity contribution in [3.8, 4) is 11.8 Å². The van der Waals surface area contributed by atoms with Gasteiger partial charge in [-0.15, -0.1) is 0 Å². The first-order valence-electron chi connectivity index (χ1n) is 6.37. The van der Waals surface area contributed by atoms with Crippen LogP contribution in [0, 0.1) is 18.8 Å². The minimum Gasteiger partial charge on any atom is -0.384 e. The molecule has 106 valence electrons. The highest BCUT2D eigenvalue weighted by Gasteiger charge is 2.08. The lowest BCUT2D eigenvalue weighted by Gasteiger charge is -2.09. The predicted octanol–water partition coefficient (Wildman–Crippen LogP) is 3.24. The Labute approximate surface area is 128 Å². The molecule has 0 fully saturated rings. The van der Waals surface area contributed by atoms with E-state index in [0.717, 1.165) is 11.1 Å². The van der Waals surface area contributed by atoms with Gasteiger partial charge in [-0.3, -0.25) is 4.79 Å². The largest absolute Gasteiger partial charge is 0.384 e. The highest BCUT2D eigenvalue weighted by molar-refractivity contribution is 6.30. The van der Waals surface area contributed by atoms with Gasteiger partial charge in [0.25, 0.3) is 5.91 Å². The van der Waals surface area contributed by atoms with Gasteiger partial charge < -0.3 is 10.4 Å². The number of halogens is 1. The summed E-state index contributed by atoms with van der Waals surface area (Å²) in [5.74, 6) is 5.19. The Morgan fingerprint density at radius 1 is 1.24 bits per heavy atom. The first-order valence-corrected chi connectivity index (χ1v) is 6.75. The number of nitrogens with one attached hydrogen (secondary N) is 1. The molecule has 1 amide bonds. The van der Waals surface area contributed by atoms with E-state index in [1.807, 2.05) is 19.1 Å². The number of aliphatic hydroxyl groups is 1. The van der Waals surface area contributed by atoms with Crippen LogP contribution < -0.4 is 5.32 Å². The molecule has 2 aromatic rings. The molecule has 0 radical (unpaired) electrons. The fourth-order valence-corrected chi connectivity index (χ4v) is 1.90. The zero-order valence-corrected chi connectivity index (χ0v) is 12.2. The molecule has 0 aliphatic rings. The van der Waals surface area contributed by atoms with E-state index in [4.69, 9.17) is 16.7 Å². The lowest BCUT2D eigenvalue weighted by atomic mass is 10.1. The molecule has 0 spiro atoms. The van der Waals surface area contributed by atoms with E-state index < -0.39 is 0 Å². The monoisotopic (exact) mass is 299 g/mol. The minimum absolute atomic E-state index is 0.194. The quantitative estimate of drug-likeness (QED) is 0.836. The summed E-state index contributed by atoms with van der Waals surface area (Å²) in [4.78, 5) is 12.2. The number of anilines is 1. The summed E-state index contributed by atoms with van der Waals surface area (Å²) in [6.07, 6.45) is 0. The molecule has 0 saturated heterocycles. The van der Waals surface area contributed by atoms with Crippen LogP contribution in [-0.2, 0) is 0 Å². The number of benzene rings is 2. The van der Waals surface area contributed by atoms with Crippen LogP contribution in [0.1, 0.15) is 21.5 Å². The lowest BCUT2D eigenvalue weighted by Crippen LogP contribution is -2.12. The van der Waals surface area contributed by atoms with Crippen LogP contribution in [0.4, 0.5) is 5.69 Å². The number of aliphatic hydroxyl groups excluding tert-OH is 1. The third-order valence-electron chi connectivity index (χ3n) is 2.90. The third-order valence-corrected chi connectivity index (χ3v) is 3.16.